The second-order valence-electron chi connectivity index (χ2n) is 9.98. The number of carbonyl (C=O) groups is 1. The van der Waals surface area contributed by atoms with E-state index in [0.29, 0.717) is 11.7 Å². The van der Waals surface area contributed by atoms with Crippen molar-refractivity contribution >= 4 is 5.97 Å². The van der Waals surface area contributed by atoms with E-state index in [1.165, 1.54) is 57.8 Å². The Kier molecular flexibility index (Phi) is 10.4. The summed E-state index contributed by atoms with van der Waals surface area (Å²) >= 11 is 0. The van der Waals surface area contributed by atoms with Gasteiger partial charge in [-0.3, -0.25) is 4.79 Å². The lowest BCUT2D eigenvalue weighted by molar-refractivity contribution is -0.140. The Labute approximate surface area is 196 Å². The zero-order valence-corrected chi connectivity index (χ0v) is 20.3. The van der Waals surface area contributed by atoms with E-state index in [9.17, 15) is 4.79 Å². The van der Waals surface area contributed by atoms with E-state index >= 15 is 0 Å². The number of hydrogen-bond acceptors (Lipinski definition) is 2. The van der Waals surface area contributed by atoms with E-state index in [2.05, 4.69) is 31.8 Å². The molecule has 0 heterocycles. The normalized spacial score (nSPS) is 25.8. The first-order valence-corrected chi connectivity index (χ1v) is 13.2. The Morgan fingerprint density at radius 3 is 2.28 bits per heavy atom. The molecule has 174 valence electrons. The highest BCUT2D eigenvalue weighted by atomic mass is 16.5. The van der Waals surface area contributed by atoms with Crippen molar-refractivity contribution in [2.24, 2.45) is 23.7 Å². The molecule has 0 unspecified atom stereocenters. The van der Waals surface area contributed by atoms with Crippen LogP contribution in [0.2, 0.25) is 0 Å². The first-order valence-electron chi connectivity index (χ1n) is 13.2. The maximum atomic E-state index is 12.4. The number of hydrogen-bond donors (Lipinski definition) is 0. The van der Waals surface area contributed by atoms with Gasteiger partial charge in [-0.1, -0.05) is 63.9 Å². The van der Waals surface area contributed by atoms with Gasteiger partial charge in [-0.25, -0.2) is 0 Å². The van der Waals surface area contributed by atoms with Gasteiger partial charge in [0.1, 0.15) is 5.75 Å². The lowest BCUT2D eigenvalue weighted by atomic mass is 9.79. The molecule has 2 heteroatoms. The summed E-state index contributed by atoms with van der Waals surface area (Å²) < 4.78 is 5.62. The van der Waals surface area contributed by atoms with E-state index in [-0.39, 0.29) is 11.9 Å². The van der Waals surface area contributed by atoms with Crippen molar-refractivity contribution in [2.45, 2.75) is 97.3 Å². The first-order chi connectivity index (χ1) is 15.7. The average Bonchev–Trinajstić information content (AvgIpc) is 2.84. The molecule has 2 saturated carbocycles. The lowest BCUT2D eigenvalue weighted by Gasteiger charge is -2.26. The first kappa shape index (κ1) is 24.6. The van der Waals surface area contributed by atoms with Gasteiger partial charge in [0, 0.05) is 5.56 Å². The van der Waals surface area contributed by atoms with Gasteiger partial charge in [0.25, 0.3) is 0 Å². The van der Waals surface area contributed by atoms with Gasteiger partial charge in [-0.15, -0.1) is 0 Å². The number of benzene rings is 1. The fraction of sp³-hybridized carbons (Fsp3) is 0.633. The lowest BCUT2D eigenvalue weighted by Crippen LogP contribution is -2.25. The molecule has 1 aromatic carbocycles. The van der Waals surface area contributed by atoms with E-state index < -0.39 is 0 Å². The number of ether oxygens (including phenoxy) is 1. The number of esters is 1. The summed E-state index contributed by atoms with van der Waals surface area (Å²) in [5.74, 6) is 9.45. The summed E-state index contributed by atoms with van der Waals surface area (Å²) in [4.78, 5) is 12.4. The third-order valence-corrected chi connectivity index (χ3v) is 7.61. The van der Waals surface area contributed by atoms with Gasteiger partial charge in [0.15, 0.2) is 0 Å². The minimum absolute atomic E-state index is 0.0637. The van der Waals surface area contributed by atoms with Crippen LogP contribution < -0.4 is 4.74 Å². The molecular formula is C30H42O2. The molecule has 0 bridgehead atoms. The molecular weight excluding hydrogens is 392 g/mol. The largest absolute Gasteiger partial charge is 0.426 e. The Morgan fingerprint density at radius 2 is 1.62 bits per heavy atom. The zero-order valence-electron chi connectivity index (χ0n) is 20.3. The maximum absolute atomic E-state index is 12.4. The molecule has 32 heavy (non-hydrogen) atoms. The highest BCUT2D eigenvalue weighted by Crippen LogP contribution is 2.33. The fourth-order valence-electron chi connectivity index (χ4n) is 5.27. The van der Waals surface area contributed by atoms with Crippen molar-refractivity contribution in [3.05, 3.63) is 42.0 Å². The highest BCUT2D eigenvalue weighted by molar-refractivity contribution is 5.75. The fourth-order valence-corrected chi connectivity index (χ4v) is 5.27. The standard InChI is InChI=1S/C30H42O2/c1-3-5-6-9-25-12-14-26(15-13-25)10-7-8-11-27-18-22-29(23-19-27)32-30(31)28-20-16-24(4-2)17-21-28/h7,10,18-19,22-26,28H,3-6,9,12-17,20-21H2,1-2H3. The molecule has 2 fully saturated rings. The molecule has 0 aliphatic heterocycles. The number of rotatable bonds is 8. The van der Waals surface area contributed by atoms with Crippen molar-refractivity contribution in [2.75, 3.05) is 0 Å². The Bertz CT molecular complexity index is 763. The molecule has 1 aromatic rings. The summed E-state index contributed by atoms with van der Waals surface area (Å²) in [7, 11) is 0. The second kappa shape index (κ2) is 13.5. The van der Waals surface area contributed by atoms with Gasteiger partial charge >= 0.3 is 5.97 Å². The van der Waals surface area contributed by atoms with Crippen LogP contribution in [-0.2, 0) is 4.79 Å². The zero-order chi connectivity index (χ0) is 22.6. The molecule has 0 amide bonds. The minimum Gasteiger partial charge on any atom is -0.426 e. The monoisotopic (exact) mass is 434 g/mol. The molecule has 0 atom stereocenters. The van der Waals surface area contributed by atoms with Crippen LogP contribution in [0.4, 0.5) is 0 Å². The summed E-state index contributed by atoms with van der Waals surface area (Å²) in [5, 5.41) is 0. The number of allylic oxidation sites excluding steroid dienone is 2. The van der Waals surface area contributed by atoms with E-state index in [4.69, 9.17) is 4.74 Å². The van der Waals surface area contributed by atoms with E-state index in [1.807, 2.05) is 30.3 Å². The van der Waals surface area contributed by atoms with Gasteiger partial charge in [-0.05, 0) is 99.5 Å². The number of unbranched alkanes of at least 4 members (excludes halogenated alkanes) is 2. The van der Waals surface area contributed by atoms with Crippen LogP contribution in [0.15, 0.2) is 36.4 Å². The van der Waals surface area contributed by atoms with Crippen LogP contribution in [0.5, 0.6) is 5.75 Å². The molecule has 0 saturated heterocycles. The summed E-state index contributed by atoms with van der Waals surface area (Å²) in [6.45, 7) is 4.52. The molecule has 0 radical (unpaired) electrons. The molecule has 0 spiro atoms. The van der Waals surface area contributed by atoms with Crippen molar-refractivity contribution < 1.29 is 9.53 Å². The molecule has 0 aromatic heterocycles. The Balaban J connectivity index is 1.38. The maximum Gasteiger partial charge on any atom is 0.314 e. The van der Waals surface area contributed by atoms with E-state index in [0.717, 1.165) is 43.1 Å². The second-order valence-corrected chi connectivity index (χ2v) is 9.98. The average molecular weight is 435 g/mol. The van der Waals surface area contributed by atoms with Crippen molar-refractivity contribution in [3.63, 3.8) is 0 Å². The number of carbonyl (C=O) groups excluding carboxylic acids is 1. The van der Waals surface area contributed by atoms with Gasteiger partial charge in [0.05, 0.1) is 5.92 Å². The predicted molar refractivity (Wildman–Crippen MR) is 133 cm³/mol. The van der Waals surface area contributed by atoms with Crippen LogP contribution in [0.25, 0.3) is 0 Å². The van der Waals surface area contributed by atoms with E-state index in [1.54, 1.807) is 0 Å². The summed E-state index contributed by atoms with van der Waals surface area (Å²) in [5.41, 5.74) is 0.956. The molecule has 2 aliphatic rings. The van der Waals surface area contributed by atoms with Crippen molar-refractivity contribution in [3.8, 4) is 17.6 Å². The smallest absolute Gasteiger partial charge is 0.314 e. The van der Waals surface area contributed by atoms with Crippen LogP contribution in [0, 0.1) is 35.5 Å². The molecule has 2 aliphatic carbocycles. The van der Waals surface area contributed by atoms with Crippen LogP contribution in [0.1, 0.15) is 103 Å². The Morgan fingerprint density at radius 1 is 0.938 bits per heavy atom. The molecule has 3 rings (SSSR count). The SMILES string of the molecule is CCCCCC1CCC(C=CC#Cc2ccc(OC(=O)C3CCC(CC)CC3)cc2)CC1. The van der Waals surface area contributed by atoms with Gasteiger partial charge in [-0.2, -0.15) is 0 Å². The predicted octanol–water partition coefficient (Wildman–Crippen LogP) is 8.10. The van der Waals surface area contributed by atoms with Crippen LogP contribution in [0.3, 0.4) is 0 Å². The van der Waals surface area contributed by atoms with Crippen molar-refractivity contribution in [1.82, 2.24) is 0 Å². The molecule has 0 N–H and O–H groups in total. The van der Waals surface area contributed by atoms with Crippen molar-refractivity contribution in [1.29, 1.82) is 0 Å². The van der Waals surface area contributed by atoms with Crippen LogP contribution in [-0.4, -0.2) is 5.97 Å². The highest BCUT2D eigenvalue weighted by Gasteiger charge is 2.27. The topological polar surface area (TPSA) is 26.3 Å². The third-order valence-electron chi connectivity index (χ3n) is 7.61. The Hall–Kier alpha value is -2.01. The van der Waals surface area contributed by atoms with Gasteiger partial charge < -0.3 is 4.74 Å². The van der Waals surface area contributed by atoms with Gasteiger partial charge in [0.2, 0.25) is 0 Å². The molecule has 2 nitrogen and oxygen atoms in total. The summed E-state index contributed by atoms with van der Waals surface area (Å²) in [6, 6.07) is 7.62. The van der Waals surface area contributed by atoms with Crippen LogP contribution >= 0.6 is 0 Å². The third kappa shape index (κ3) is 8.16. The summed E-state index contributed by atoms with van der Waals surface area (Å²) in [6.07, 6.45) is 20.7. The quantitative estimate of drug-likeness (QED) is 0.179. The minimum atomic E-state index is -0.0681.